The van der Waals surface area contributed by atoms with Gasteiger partial charge in [-0.25, -0.2) is 0 Å². The van der Waals surface area contributed by atoms with E-state index in [0.29, 0.717) is 49.9 Å². The van der Waals surface area contributed by atoms with Gasteiger partial charge in [0.2, 0.25) is 11.8 Å². The van der Waals surface area contributed by atoms with Crippen LogP contribution in [0.2, 0.25) is 5.02 Å². The maximum absolute atomic E-state index is 13.1. The molecule has 0 aromatic heterocycles. The van der Waals surface area contributed by atoms with Gasteiger partial charge in [-0.1, -0.05) is 23.7 Å². The smallest absolute Gasteiger partial charge is 0.255 e. The number of rotatable bonds is 3. The van der Waals surface area contributed by atoms with Crippen LogP contribution >= 0.6 is 11.6 Å². The van der Waals surface area contributed by atoms with Gasteiger partial charge in [-0.2, -0.15) is 0 Å². The van der Waals surface area contributed by atoms with E-state index in [9.17, 15) is 14.4 Å². The Morgan fingerprint density at radius 1 is 1.00 bits per heavy atom. The Kier molecular flexibility index (Phi) is 6.58. The molecule has 0 radical (unpaired) electrons. The second-order valence-corrected chi connectivity index (χ2v) is 8.67. The molecule has 4 rings (SSSR count). The van der Waals surface area contributed by atoms with Crippen LogP contribution in [0, 0.1) is 5.92 Å². The van der Waals surface area contributed by atoms with Gasteiger partial charge < -0.3 is 19.4 Å². The molecule has 0 bridgehead atoms. The van der Waals surface area contributed by atoms with E-state index in [1.807, 2.05) is 9.80 Å². The Hall–Kier alpha value is -2.12. The van der Waals surface area contributed by atoms with Crippen LogP contribution in [-0.4, -0.2) is 84.4 Å². The summed E-state index contributed by atoms with van der Waals surface area (Å²) in [6, 6.07) is 7.23. The first-order valence-electron chi connectivity index (χ1n) is 10.7. The van der Waals surface area contributed by atoms with Crippen molar-refractivity contribution < 1.29 is 19.1 Å². The average Bonchev–Trinajstić information content (AvgIpc) is 2.79. The van der Waals surface area contributed by atoms with E-state index in [1.54, 1.807) is 29.2 Å². The minimum Gasteiger partial charge on any atom is -0.370 e. The van der Waals surface area contributed by atoms with Crippen molar-refractivity contribution in [3.05, 3.63) is 34.9 Å². The summed E-state index contributed by atoms with van der Waals surface area (Å²) in [4.78, 5) is 43.7. The van der Waals surface area contributed by atoms with E-state index >= 15 is 0 Å². The molecule has 1 unspecified atom stereocenters. The van der Waals surface area contributed by atoms with Gasteiger partial charge in [0.05, 0.1) is 23.1 Å². The van der Waals surface area contributed by atoms with Crippen molar-refractivity contribution in [2.75, 3.05) is 45.9 Å². The summed E-state index contributed by atoms with van der Waals surface area (Å²) in [7, 11) is 0. The average molecular weight is 434 g/mol. The van der Waals surface area contributed by atoms with E-state index < -0.39 is 0 Å². The molecule has 1 aromatic rings. The molecule has 3 heterocycles. The van der Waals surface area contributed by atoms with E-state index in [-0.39, 0.29) is 36.3 Å². The number of carbonyl (C=O) groups excluding carboxylic acids is 3. The van der Waals surface area contributed by atoms with Gasteiger partial charge in [-0.3, -0.25) is 14.4 Å². The summed E-state index contributed by atoms with van der Waals surface area (Å²) in [6.45, 7) is 3.78. The Bertz CT molecular complexity index is 809. The zero-order valence-corrected chi connectivity index (χ0v) is 17.9. The fraction of sp³-hybridized carbons (Fsp3) is 0.591. The molecule has 3 amide bonds. The molecule has 162 valence electrons. The van der Waals surface area contributed by atoms with Gasteiger partial charge in [-0.05, 0) is 37.8 Å². The fourth-order valence-corrected chi connectivity index (χ4v) is 4.96. The number of carbonyl (C=O) groups is 3. The SMILES string of the molecule is O=C(c1ccccc1Cl)N1CCCC(C(=O)N2CCC(N3CCOCC3=O)CC2)C1. The third-order valence-corrected chi connectivity index (χ3v) is 6.73. The highest BCUT2D eigenvalue weighted by atomic mass is 35.5. The normalized spacial score (nSPS) is 23.6. The lowest BCUT2D eigenvalue weighted by molar-refractivity contribution is -0.148. The molecule has 1 atom stereocenters. The van der Waals surface area contributed by atoms with Gasteiger partial charge in [0.1, 0.15) is 6.61 Å². The van der Waals surface area contributed by atoms with Crippen molar-refractivity contribution in [1.29, 1.82) is 0 Å². The fourth-order valence-electron chi connectivity index (χ4n) is 4.74. The summed E-state index contributed by atoms with van der Waals surface area (Å²) >= 11 is 6.19. The lowest BCUT2D eigenvalue weighted by Crippen LogP contribution is -2.54. The van der Waals surface area contributed by atoms with Crippen LogP contribution in [0.5, 0.6) is 0 Å². The zero-order valence-electron chi connectivity index (χ0n) is 17.1. The largest absolute Gasteiger partial charge is 0.370 e. The minimum atomic E-state index is -0.174. The van der Waals surface area contributed by atoms with Crippen LogP contribution < -0.4 is 0 Å². The maximum Gasteiger partial charge on any atom is 0.255 e. The predicted octanol–water partition coefficient (Wildman–Crippen LogP) is 2.04. The van der Waals surface area contributed by atoms with Crippen LogP contribution in [0.4, 0.5) is 0 Å². The molecule has 3 aliphatic rings. The number of hydrogen-bond acceptors (Lipinski definition) is 4. The van der Waals surface area contributed by atoms with Crippen LogP contribution in [0.25, 0.3) is 0 Å². The Balaban J connectivity index is 1.33. The van der Waals surface area contributed by atoms with E-state index in [1.165, 1.54) is 0 Å². The zero-order chi connectivity index (χ0) is 21.1. The van der Waals surface area contributed by atoms with Crippen LogP contribution in [0.1, 0.15) is 36.0 Å². The number of halogens is 1. The minimum absolute atomic E-state index is 0.0482. The summed E-state index contributed by atoms with van der Waals surface area (Å²) in [5, 5.41) is 0.440. The topological polar surface area (TPSA) is 70.2 Å². The molecule has 7 nitrogen and oxygen atoms in total. The van der Waals surface area contributed by atoms with Gasteiger partial charge >= 0.3 is 0 Å². The lowest BCUT2D eigenvalue weighted by Gasteiger charge is -2.41. The Labute approximate surface area is 181 Å². The first-order chi connectivity index (χ1) is 14.5. The number of hydrogen-bond donors (Lipinski definition) is 0. The molecule has 8 heteroatoms. The first kappa shape index (κ1) is 21.1. The maximum atomic E-state index is 13.1. The molecule has 3 fully saturated rings. The quantitative estimate of drug-likeness (QED) is 0.731. The summed E-state index contributed by atoms with van der Waals surface area (Å²) in [6.07, 6.45) is 3.21. The van der Waals surface area contributed by atoms with Crippen molar-refractivity contribution in [2.24, 2.45) is 5.92 Å². The van der Waals surface area contributed by atoms with E-state index in [2.05, 4.69) is 0 Å². The van der Waals surface area contributed by atoms with Crippen LogP contribution in [0.3, 0.4) is 0 Å². The third-order valence-electron chi connectivity index (χ3n) is 6.40. The molecule has 0 saturated carbocycles. The van der Waals surface area contributed by atoms with Crippen molar-refractivity contribution >= 4 is 29.3 Å². The predicted molar refractivity (Wildman–Crippen MR) is 112 cm³/mol. The van der Waals surface area contributed by atoms with Crippen LogP contribution in [0.15, 0.2) is 24.3 Å². The van der Waals surface area contributed by atoms with Gasteiger partial charge in [0.25, 0.3) is 5.91 Å². The van der Waals surface area contributed by atoms with Crippen molar-refractivity contribution in [2.45, 2.75) is 31.7 Å². The number of likely N-dealkylation sites (tertiary alicyclic amines) is 2. The molecule has 30 heavy (non-hydrogen) atoms. The lowest BCUT2D eigenvalue weighted by atomic mass is 9.94. The Morgan fingerprint density at radius 3 is 2.50 bits per heavy atom. The number of amides is 3. The highest BCUT2D eigenvalue weighted by molar-refractivity contribution is 6.33. The summed E-state index contributed by atoms with van der Waals surface area (Å²) in [5.74, 6) is -0.111. The standard InChI is InChI=1S/C22H28ClN3O4/c23-19-6-2-1-5-18(19)22(29)25-9-3-4-16(14-25)21(28)24-10-7-17(8-11-24)26-12-13-30-15-20(26)27/h1-2,5-6,16-17H,3-4,7-15H2. The summed E-state index contributed by atoms with van der Waals surface area (Å²) < 4.78 is 5.21. The Morgan fingerprint density at radius 2 is 1.77 bits per heavy atom. The number of benzene rings is 1. The van der Waals surface area contributed by atoms with Crippen molar-refractivity contribution in [3.63, 3.8) is 0 Å². The number of morpholine rings is 1. The molecule has 3 aliphatic heterocycles. The molecule has 1 aromatic carbocycles. The number of nitrogens with zero attached hydrogens (tertiary/aromatic N) is 3. The van der Waals surface area contributed by atoms with Gasteiger partial charge in [0, 0.05) is 38.8 Å². The van der Waals surface area contributed by atoms with E-state index in [0.717, 1.165) is 25.7 Å². The second-order valence-electron chi connectivity index (χ2n) is 8.27. The summed E-state index contributed by atoms with van der Waals surface area (Å²) in [5.41, 5.74) is 0.489. The molecule has 0 aliphatic carbocycles. The second kappa shape index (κ2) is 9.35. The van der Waals surface area contributed by atoms with Gasteiger partial charge in [0.15, 0.2) is 0 Å². The highest BCUT2D eigenvalue weighted by Crippen LogP contribution is 2.26. The molecular weight excluding hydrogens is 406 g/mol. The van der Waals surface area contributed by atoms with Crippen molar-refractivity contribution in [1.82, 2.24) is 14.7 Å². The molecule has 0 spiro atoms. The monoisotopic (exact) mass is 433 g/mol. The highest BCUT2D eigenvalue weighted by Gasteiger charge is 2.35. The number of ether oxygens (including phenoxy) is 1. The number of piperidine rings is 2. The van der Waals surface area contributed by atoms with Crippen LogP contribution in [-0.2, 0) is 14.3 Å². The van der Waals surface area contributed by atoms with Crippen molar-refractivity contribution in [3.8, 4) is 0 Å². The third kappa shape index (κ3) is 4.47. The van der Waals surface area contributed by atoms with E-state index in [4.69, 9.17) is 16.3 Å². The molecule has 0 N–H and O–H groups in total. The molecule has 3 saturated heterocycles. The first-order valence-corrected chi connectivity index (χ1v) is 11.1. The van der Waals surface area contributed by atoms with Gasteiger partial charge in [-0.15, -0.1) is 0 Å². The molecular formula is C22H28ClN3O4.